The fourth-order valence-electron chi connectivity index (χ4n) is 3.06. The standard InChI is InChI=1S/C12H16N6O3/c13-16-10-4-7(18(20)21)5-11(15-10)17-3-1-2-8-9(17)6-14-12(8)19/h4-5,8-9H,1-3,6,13H2,(H,14,19)(H,15,16). The predicted octanol–water partition coefficient (Wildman–Crippen LogP) is -0.00980. The average molecular weight is 292 g/mol. The van der Waals surface area contributed by atoms with Gasteiger partial charge in [-0.15, -0.1) is 0 Å². The third-order valence-electron chi connectivity index (χ3n) is 4.05. The maximum Gasteiger partial charge on any atom is 0.276 e. The van der Waals surface area contributed by atoms with Gasteiger partial charge in [0.2, 0.25) is 5.91 Å². The van der Waals surface area contributed by atoms with E-state index in [0.29, 0.717) is 18.9 Å². The van der Waals surface area contributed by atoms with Crippen molar-refractivity contribution < 1.29 is 9.72 Å². The Labute approximate surface area is 120 Å². The summed E-state index contributed by atoms with van der Waals surface area (Å²) in [5, 5.41) is 13.9. The van der Waals surface area contributed by atoms with Gasteiger partial charge in [0.15, 0.2) is 0 Å². The Balaban J connectivity index is 1.97. The van der Waals surface area contributed by atoms with Gasteiger partial charge < -0.3 is 15.6 Å². The number of hydrogen-bond donors (Lipinski definition) is 3. The molecule has 2 atom stereocenters. The van der Waals surface area contributed by atoms with Crippen molar-refractivity contribution >= 4 is 23.2 Å². The molecule has 0 aromatic carbocycles. The van der Waals surface area contributed by atoms with E-state index in [4.69, 9.17) is 5.84 Å². The normalized spacial score (nSPS) is 24.4. The van der Waals surface area contributed by atoms with Gasteiger partial charge in [0.05, 0.1) is 29.0 Å². The third-order valence-corrected chi connectivity index (χ3v) is 4.05. The van der Waals surface area contributed by atoms with Crippen molar-refractivity contribution in [1.82, 2.24) is 10.3 Å². The lowest BCUT2D eigenvalue weighted by Crippen LogP contribution is -2.46. The first kappa shape index (κ1) is 13.6. The molecule has 3 heterocycles. The van der Waals surface area contributed by atoms with Gasteiger partial charge in [0.1, 0.15) is 11.6 Å². The fraction of sp³-hybridized carbons (Fsp3) is 0.500. The van der Waals surface area contributed by atoms with Crippen molar-refractivity contribution in [1.29, 1.82) is 0 Å². The smallest absolute Gasteiger partial charge is 0.276 e. The Morgan fingerprint density at radius 3 is 3.05 bits per heavy atom. The van der Waals surface area contributed by atoms with E-state index in [2.05, 4.69) is 15.7 Å². The molecule has 2 aliphatic heterocycles. The molecule has 0 saturated carbocycles. The van der Waals surface area contributed by atoms with Crippen LogP contribution in [-0.2, 0) is 4.79 Å². The zero-order valence-corrected chi connectivity index (χ0v) is 11.3. The first-order valence-corrected chi connectivity index (χ1v) is 6.77. The highest BCUT2D eigenvalue weighted by Crippen LogP contribution is 2.32. The second kappa shape index (κ2) is 5.17. The molecule has 112 valence electrons. The lowest BCUT2D eigenvalue weighted by molar-refractivity contribution is -0.384. The Morgan fingerprint density at radius 2 is 2.33 bits per heavy atom. The van der Waals surface area contributed by atoms with Crippen LogP contribution in [0.5, 0.6) is 0 Å². The molecule has 4 N–H and O–H groups in total. The maximum atomic E-state index is 11.8. The Morgan fingerprint density at radius 1 is 1.52 bits per heavy atom. The molecule has 0 spiro atoms. The predicted molar refractivity (Wildman–Crippen MR) is 75.6 cm³/mol. The number of nitro groups is 1. The molecule has 0 radical (unpaired) electrons. The van der Waals surface area contributed by atoms with Gasteiger partial charge >= 0.3 is 0 Å². The number of hydrogen-bond acceptors (Lipinski definition) is 7. The third kappa shape index (κ3) is 2.35. The number of fused-ring (bicyclic) bond motifs is 1. The fourth-order valence-corrected chi connectivity index (χ4v) is 3.06. The summed E-state index contributed by atoms with van der Waals surface area (Å²) < 4.78 is 0. The number of hydrazine groups is 1. The monoisotopic (exact) mass is 292 g/mol. The van der Waals surface area contributed by atoms with E-state index in [1.165, 1.54) is 12.1 Å². The van der Waals surface area contributed by atoms with Crippen molar-refractivity contribution in [2.24, 2.45) is 11.8 Å². The quantitative estimate of drug-likeness (QED) is 0.406. The number of carbonyl (C=O) groups excluding carboxylic acids is 1. The molecule has 1 aromatic rings. The van der Waals surface area contributed by atoms with E-state index in [0.717, 1.165) is 12.8 Å². The highest BCUT2D eigenvalue weighted by atomic mass is 16.6. The van der Waals surface area contributed by atoms with E-state index >= 15 is 0 Å². The lowest BCUT2D eigenvalue weighted by Gasteiger charge is -2.36. The van der Waals surface area contributed by atoms with Gasteiger partial charge in [0, 0.05) is 13.1 Å². The first-order valence-electron chi connectivity index (χ1n) is 6.77. The lowest BCUT2D eigenvalue weighted by atomic mass is 9.91. The van der Waals surface area contributed by atoms with Gasteiger partial charge in [-0.3, -0.25) is 14.9 Å². The highest BCUT2D eigenvalue weighted by Gasteiger charge is 2.41. The molecule has 1 amide bonds. The number of piperidine rings is 1. The van der Waals surface area contributed by atoms with Gasteiger partial charge in [-0.25, -0.2) is 10.8 Å². The average Bonchev–Trinajstić information content (AvgIpc) is 2.88. The summed E-state index contributed by atoms with van der Waals surface area (Å²) in [6.07, 6.45) is 1.69. The molecule has 9 heteroatoms. The van der Waals surface area contributed by atoms with Crippen LogP contribution in [0.25, 0.3) is 0 Å². The summed E-state index contributed by atoms with van der Waals surface area (Å²) in [5.41, 5.74) is 2.27. The molecule has 1 aromatic heterocycles. The molecule has 2 fully saturated rings. The number of rotatable bonds is 3. The van der Waals surface area contributed by atoms with Gasteiger partial charge in [-0.05, 0) is 12.8 Å². The number of carbonyl (C=O) groups is 1. The number of nitrogens with two attached hydrogens (primary N) is 1. The van der Waals surface area contributed by atoms with Gasteiger partial charge in [-0.2, -0.15) is 0 Å². The Hall–Kier alpha value is -2.42. The van der Waals surface area contributed by atoms with E-state index in [9.17, 15) is 14.9 Å². The second-order valence-electron chi connectivity index (χ2n) is 5.22. The molecule has 21 heavy (non-hydrogen) atoms. The SMILES string of the molecule is NNc1cc([N+](=O)[O-])cc(N2CCCC3C(=O)NCC32)n1. The topological polar surface area (TPSA) is 126 Å². The van der Waals surface area contributed by atoms with E-state index in [1.54, 1.807) is 0 Å². The number of nitrogen functional groups attached to an aromatic ring is 1. The zero-order valence-electron chi connectivity index (χ0n) is 11.3. The van der Waals surface area contributed by atoms with Crippen molar-refractivity contribution in [2.75, 3.05) is 23.4 Å². The van der Waals surface area contributed by atoms with Crippen LogP contribution in [-0.4, -0.2) is 34.9 Å². The van der Waals surface area contributed by atoms with Crippen molar-refractivity contribution in [3.05, 3.63) is 22.2 Å². The highest BCUT2D eigenvalue weighted by molar-refractivity contribution is 5.83. The number of amides is 1. The molecular formula is C12H16N6O3. The summed E-state index contributed by atoms with van der Waals surface area (Å²) >= 11 is 0. The van der Waals surface area contributed by atoms with Crippen molar-refractivity contribution in [3.63, 3.8) is 0 Å². The molecule has 2 saturated heterocycles. The number of pyridine rings is 1. The molecule has 9 nitrogen and oxygen atoms in total. The molecule has 0 aliphatic carbocycles. The molecule has 3 rings (SSSR count). The summed E-state index contributed by atoms with van der Waals surface area (Å²) in [7, 11) is 0. The minimum atomic E-state index is -0.481. The van der Waals surface area contributed by atoms with Crippen LogP contribution in [0.3, 0.4) is 0 Å². The van der Waals surface area contributed by atoms with Crippen LogP contribution in [0, 0.1) is 16.0 Å². The van der Waals surface area contributed by atoms with Crippen LogP contribution in [0.2, 0.25) is 0 Å². The van der Waals surface area contributed by atoms with Crippen LogP contribution in [0.4, 0.5) is 17.3 Å². The minimum Gasteiger partial charge on any atom is -0.354 e. The molecule has 0 bridgehead atoms. The first-order chi connectivity index (χ1) is 10.1. The van der Waals surface area contributed by atoms with Crippen molar-refractivity contribution in [2.45, 2.75) is 18.9 Å². The number of nitrogens with one attached hydrogen (secondary N) is 2. The number of anilines is 2. The van der Waals surface area contributed by atoms with E-state index < -0.39 is 4.92 Å². The molecular weight excluding hydrogens is 276 g/mol. The number of nitrogens with zero attached hydrogens (tertiary/aromatic N) is 3. The largest absolute Gasteiger partial charge is 0.354 e. The van der Waals surface area contributed by atoms with Crippen LogP contribution in [0.1, 0.15) is 12.8 Å². The molecule has 2 aliphatic rings. The summed E-state index contributed by atoms with van der Waals surface area (Å²) in [6.45, 7) is 1.26. The summed E-state index contributed by atoms with van der Waals surface area (Å²) in [4.78, 5) is 28.6. The van der Waals surface area contributed by atoms with Gasteiger partial charge in [0.25, 0.3) is 5.69 Å². The van der Waals surface area contributed by atoms with Crippen LogP contribution >= 0.6 is 0 Å². The zero-order chi connectivity index (χ0) is 15.0. The van der Waals surface area contributed by atoms with Crippen molar-refractivity contribution in [3.8, 4) is 0 Å². The minimum absolute atomic E-state index is 0.00798. The maximum absolute atomic E-state index is 11.8. The summed E-state index contributed by atoms with van der Waals surface area (Å²) in [6, 6.07) is 2.70. The number of aromatic nitrogens is 1. The van der Waals surface area contributed by atoms with Gasteiger partial charge in [-0.1, -0.05) is 0 Å². The van der Waals surface area contributed by atoms with Crippen LogP contribution in [0.15, 0.2) is 12.1 Å². The van der Waals surface area contributed by atoms with E-state index in [1.807, 2.05) is 4.90 Å². The van der Waals surface area contributed by atoms with E-state index in [-0.39, 0.29) is 29.4 Å². The Bertz CT molecular complexity index is 592. The summed E-state index contributed by atoms with van der Waals surface area (Å²) in [5.74, 6) is 6.01. The Kier molecular flexibility index (Phi) is 3.34. The molecule has 2 unspecified atom stereocenters. The second-order valence-corrected chi connectivity index (χ2v) is 5.22. The van der Waals surface area contributed by atoms with Crippen LogP contribution < -0.4 is 21.5 Å².